The van der Waals surface area contributed by atoms with Crippen molar-refractivity contribution < 1.29 is 18.3 Å². The van der Waals surface area contributed by atoms with Gasteiger partial charge in [0.2, 0.25) is 0 Å². The fourth-order valence-electron chi connectivity index (χ4n) is 2.62. The average Bonchev–Trinajstić information content (AvgIpc) is 3.01. The summed E-state index contributed by atoms with van der Waals surface area (Å²) in [4.78, 5) is 15.8. The SMILES string of the molecule is CCOC(=O)c1nc2c(C#N)c(C)c(-c3cccc(Cl)c3)c(F)c2o1. The van der Waals surface area contributed by atoms with E-state index < -0.39 is 17.7 Å². The highest BCUT2D eigenvalue weighted by molar-refractivity contribution is 6.30. The van der Waals surface area contributed by atoms with Gasteiger partial charge in [-0.25, -0.2) is 14.2 Å². The molecule has 1 heterocycles. The summed E-state index contributed by atoms with van der Waals surface area (Å²) in [5.74, 6) is -1.92. The van der Waals surface area contributed by atoms with Gasteiger partial charge in [0.1, 0.15) is 11.6 Å². The lowest BCUT2D eigenvalue weighted by molar-refractivity contribution is 0.0483. The first-order valence-electron chi connectivity index (χ1n) is 7.43. The van der Waals surface area contributed by atoms with Gasteiger partial charge in [-0.15, -0.1) is 0 Å². The number of fused-ring (bicyclic) bond motifs is 1. The molecule has 1 aromatic heterocycles. The van der Waals surface area contributed by atoms with Crippen molar-refractivity contribution in [2.24, 2.45) is 0 Å². The molecule has 0 bridgehead atoms. The van der Waals surface area contributed by atoms with Crippen LogP contribution in [0.1, 0.15) is 28.7 Å². The third-order valence-electron chi connectivity index (χ3n) is 3.71. The highest BCUT2D eigenvalue weighted by Crippen LogP contribution is 2.36. The van der Waals surface area contributed by atoms with Gasteiger partial charge in [-0.3, -0.25) is 0 Å². The molecule has 0 fully saturated rings. The summed E-state index contributed by atoms with van der Waals surface area (Å²) in [7, 11) is 0. The Morgan fingerprint density at radius 1 is 1.48 bits per heavy atom. The van der Waals surface area contributed by atoms with E-state index in [1.807, 2.05) is 6.07 Å². The van der Waals surface area contributed by atoms with Crippen molar-refractivity contribution in [3.8, 4) is 17.2 Å². The number of carbonyl (C=O) groups is 1. The number of oxazole rings is 1. The summed E-state index contributed by atoms with van der Waals surface area (Å²) < 4.78 is 25.2. The molecular formula is C18H12ClFN2O3. The Morgan fingerprint density at radius 3 is 2.88 bits per heavy atom. The van der Waals surface area contributed by atoms with Gasteiger partial charge in [0.05, 0.1) is 12.2 Å². The number of hydrogen-bond donors (Lipinski definition) is 0. The molecule has 0 aliphatic carbocycles. The van der Waals surface area contributed by atoms with Gasteiger partial charge >= 0.3 is 11.9 Å². The molecule has 0 N–H and O–H groups in total. The molecule has 0 spiro atoms. The van der Waals surface area contributed by atoms with Crippen LogP contribution in [0.2, 0.25) is 5.02 Å². The summed E-state index contributed by atoms with van der Waals surface area (Å²) in [6.07, 6.45) is 0. The van der Waals surface area contributed by atoms with E-state index in [1.165, 1.54) is 0 Å². The molecule has 0 aliphatic rings. The first-order chi connectivity index (χ1) is 12.0. The van der Waals surface area contributed by atoms with Crippen molar-refractivity contribution in [2.45, 2.75) is 13.8 Å². The average molecular weight is 359 g/mol. The zero-order valence-electron chi connectivity index (χ0n) is 13.4. The lowest BCUT2D eigenvalue weighted by atomic mass is 9.95. The second-order valence-electron chi connectivity index (χ2n) is 5.23. The number of rotatable bonds is 3. The van der Waals surface area contributed by atoms with Crippen molar-refractivity contribution in [3.05, 3.63) is 52.1 Å². The Kier molecular flexibility index (Phi) is 4.43. The number of aromatic nitrogens is 1. The van der Waals surface area contributed by atoms with E-state index in [4.69, 9.17) is 20.8 Å². The minimum absolute atomic E-state index is 0.00803. The third-order valence-corrected chi connectivity index (χ3v) is 3.94. The number of esters is 1. The Bertz CT molecular complexity index is 1040. The van der Waals surface area contributed by atoms with Gasteiger partial charge in [0.25, 0.3) is 0 Å². The first-order valence-corrected chi connectivity index (χ1v) is 7.81. The second kappa shape index (κ2) is 6.54. The molecule has 3 rings (SSSR count). The van der Waals surface area contributed by atoms with Crippen LogP contribution in [0.25, 0.3) is 22.2 Å². The summed E-state index contributed by atoms with van der Waals surface area (Å²) >= 11 is 5.99. The molecule has 0 unspecified atom stereocenters. The normalized spacial score (nSPS) is 10.7. The molecule has 25 heavy (non-hydrogen) atoms. The van der Waals surface area contributed by atoms with Crippen molar-refractivity contribution in [1.29, 1.82) is 5.26 Å². The van der Waals surface area contributed by atoms with Crippen LogP contribution in [-0.4, -0.2) is 17.6 Å². The number of ether oxygens (including phenoxy) is 1. The molecule has 2 aromatic carbocycles. The maximum absolute atomic E-state index is 15.1. The number of benzene rings is 2. The minimum atomic E-state index is -0.816. The van der Waals surface area contributed by atoms with Crippen LogP contribution in [0, 0.1) is 24.1 Å². The van der Waals surface area contributed by atoms with Gasteiger partial charge in [-0.2, -0.15) is 5.26 Å². The zero-order chi connectivity index (χ0) is 18.1. The van der Waals surface area contributed by atoms with Gasteiger partial charge in [-0.1, -0.05) is 23.7 Å². The summed E-state index contributed by atoms with van der Waals surface area (Å²) in [5, 5.41) is 9.92. The number of nitrogens with zero attached hydrogens (tertiary/aromatic N) is 2. The van der Waals surface area contributed by atoms with Crippen molar-refractivity contribution in [1.82, 2.24) is 4.98 Å². The van der Waals surface area contributed by atoms with E-state index in [-0.39, 0.29) is 28.8 Å². The van der Waals surface area contributed by atoms with Gasteiger partial charge in [-0.05, 0) is 37.1 Å². The molecule has 0 atom stereocenters. The first kappa shape index (κ1) is 16.9. The summed E-state index contributed by atoms with van der Waals surface area (Å²) in [6, 6.07) is 8.60. The van der Waals surface area contributed by atoms with Crippen LogP contribution in [0.4, 0.5) is 4.39 Å². The van der Waals surface area contributed by atoms with Crippen LogP contribution in [0.5, 0.6) is 0 Å². The maximum Gasteiger partial charge on any atom is 0.394 e. The van der Waals surface area contributed by atoms with Crippen LogP contribution in [-0.2, 0) is 4.74 Å². The topological polar surface area (TPSA) is 76.1 Å². The highest BCUT2D eigenvalue weighted by Gasteiger charge is 2.25. The Hall–Kier alpha value is -2.91. The molecule has 0 amide bonds. The summed E-state index contributed by atoms with van der Waals surface area (Å²) in [5.41, 5.74) is 0.920. The lowest BCUT2D eigenvalue weighted by Crippen LogP contribution is -2.04. The van der Waals surface area contributed by atoms with Crippen LogP contribution >= 0.6 is 11.6 Å². The van der Waals surface area contributed by atoms with Crippen LogP contribution in [0.3, 0.4) is 0 Å². The van der Waals surface area contributed by atoms with Crippen molar-refractivity contribution in [2.75, 3.05) is 6.61 Å². The smallest absolute Gasteiger partial charge is 0.394 e. The van der Waals surface area contributed by atoms with Gasteiger partial charge in [0.15, 0.2) is 11.4 Å². The van der Waals surface area contributed by atoms with Gasteiger partial charge in [0, 0.05) is 10.6 Å². The van der Waals surface area contributed by atoms with E-state index in [0.29, 0.717) is 16.1 Å². The quantitative estimate of drug-likeness (QED) is 0.637. The molecule has 0 radical (unpaired) electrons. The van der Waals surface area contributed by atoms with E-state index in [2.05, 4.69) is 4.98 Å². The van der Waals surface area contributed by atoms with Crippen LogP contribution < -0.4 is 0 Å². The largest absolute Gasteiger partial charge is 0.459 e. The van der Waals surface area contributed by atoms with E-state index in [9.17, 15) is 10.1 Å². The van der Waals surface area contributed by atoms with Crippen molar-refractivity contribution in [3.63, 3.8) is 0 Å². The van der Waals surface area contributed by atoms with E-state index >= 15 is 4.39 Å². The summed E-state index contributed by atoms with van der Waals surface area (Å²) in [6.45, 7) is 3.36. The fourth-order valence-corrected chi connectivity index (χ4v) is 2.81. The lowest BCUT2D eigenvalue weighted by Gasteiger charge is -2.10. The van der Waals surface area contributed by atoms with Crippen molar-refractivity contribution >= 4 is 28.7 Å². The molecule has 126 valence electrons. The molecule has 0 saturated carbocycles. The van der Waals surface area contributed by atoms with E-state index in [0.717, 1.165) is 0 Å². The standard InChI is InChI=1S/C18H12ClFN2O3/c1-3-24-18(23)17-22-15-12(8-21)9(2)13(14(20)16(15)25-17)10-5-4-6-11(19)7-10/h4-7H,3H2,1-2H3. The Labute approximate surface area is 147 Å². The van der Waals surface area contributed by atoms with E-state index in [1.54, 1.807) is 38.1 Å². The Balaban J connectivity index is 2.33. The molecule has 3 aromatic rings. The minimum Gasteiger partial charge on any atom is -0.459 e. The third kappa shape index (κ3) is 2.83. The molecular weight excluding hydrogens is 347 g/mol. The van der Waals surface area contributed by atoms with Crippen LogP contribution in [0.15, 0.2) is 28.7 Å². The number of nitriles is 1. The zero-order valence-corrected chi connectivity index (χ0v) is 14.1. The second-order valence-corrected chi connectivity index (χ2v) is 5.66. The monoisotopic (exact) mass is 358 g/mol. The highest BCUT2D eigenvalue weighted by atomic mass is 35.5. The molecule has 0 aliphatic heterocycles. The Morgan fingerprint density at radius 2 is 2.24 bits per heavy atom. The predicted molar refractivity (Wildman–Crippen MR) is 89.8 cm³/mol. The number of carbonyl (C=O) groups excluding carboxylic acids is 1. The molecule has 5 nitrogen and oxygen atoms in total. The number of halogens is 2. The maximum atomic E-state index is 15.1. The fraction of sp³-hybridized carbons (Fsp3) is 0.167. The van der Waals surface area contributed by atoms with Gasteiger partial charge < -0.3 is 9.15 Å². The molecule has 7 heteroatoms. The predicted octanol–water partition coefficient (Wildman–Crippen LogP) is 4.64. The molecule has 0 saturated heterocycles. The number of hydrogen-bond acceptors (Lipinski definition) is 5.